The van der Waals surface area contributed by atoms with Gasteiger partial charge in [0.05, 0.1) is 10.6 Å². The molecule has 1 N–H and O–H groups in total. The predicted molar refractivity (Wildman–Crippen MR) is 96.0 cm³/mol. The lowest BCUT2D eigenvalue weighted by Crippen LogP contribution is -2.20. The molecular formula is C17H15BrN2O5. The first kappa shape index (κ1) is 18.6. The van der Waals surface area contributed by atoms with E-state index in [1.54, 1.807) is 31.2 Å². The van der Waals surface area contributed by atoms with E-state index in [0.717, 1.165) is 0 Å². The number of hydrogen-bond donors (Lipinski definition) is 1. The van der Waals surface area contributed by atoms with E-state index in [1.165, 1.54) is 18.2 Å². The minimum Gasteiger partial charge on any atom is -0.484 e. The Labute approximate surface area is 152 Å². The summed E-state index contributed by atoms with van der Waals surface area (Å²) in [4.78, 5) is 33.6. The predicted octanol–water partition coefficient (Wildman–Crippen LogP) is 3.97. The van der Waals surface area contributed by atoms with E-state index in [-0.39, 0.29) is 18.1 Å². The SMILES string of the molecule is CCC(=O)c1ccc(OCC(=O)Nc2ccc([N+](=O)[O-])cc2Br)cc1. The molecule has 7 nitrogen and oxygen atoms in total. The minimum absolute atomic E-state index is 0.0346. The van der Waals surface area contributed by atoms with Gasteiger partial charge in [0, 0.05) is 28.6 Å². The van der Waals surface area contributed by atoms with E-state index in [9.17, 15) is 19.7 Å². The van der Waals surface area contributed by atoms with Crippen LogP contribution in [0.15, 0.2) is 46.9 Å². The molecule has 0 aliphatic rings. The van der Waals surface area contributed by atoms with E-state index in [4.69, 9.17) is 4.74 Å². The fraction of sp³-hybridized carbons (Fsp3) is 0.176. The van der Waals surface area contributed by atoms with E-state index < -0.39 is 10.8 Å². The maximum Gasteiger partial charge on any atom is 0.270 e. The summed E-state index contributed by atoms with van der Waals surface area (Å²) >= 11 is 3.18. The highest BCUT2D eigenvalue weighted by molar-refractivity contribution is 9.10. The number of carbonyl (C=O) groups is 2. The summed E-state index contributed by atoms with van der Waals surface area (Å²) < 4.78 is 5.76. The number of amides is 1. The van der Waals surface area contributed by atoms with Crippen LogP contribution >= 0.6 is 15.9 Å². The number of rotatable bonds is 7. The molecule has 2 rings (SSSR count). The largest absolute Gasteiger partial charge is 0.484 e. The van der Waals surface area contributed by atoms with Gasteiger partial charge in [0.1, 0.15) is 5.75 Å². The molecule has 0 heterocycles. The lowest BCUT2D eigenvalue weighted by Gasteiger charge is -2.09. The Bertz CT molecular complexity index is 805. The molecule has 25 heavy (non-hydrogen) atoms. The van der Waals surface area contributed by atoms with Gasteiger partial charge in [0.25, 0.3) is 11.6 Å². The molecule has 0 spiro atoms. The van der Waals surface area contributed by atoms with E-state index in [1.807, 2.05) is 0 Å². The van der Waals surface area contributed by atoms with Crippen LogP contribution in [-0.2, 0) is 4.79 Å². The van der Waals surface area contributed by atoms with Crippen molar-refractivity contribution in [1.29, 1.82) is 0 Å². The number of hydrogen-bond acceptors (Lipinski definition) is 5. The molecule has 0 bridgehead atoms. The molecule has 2 aromatic rings. The topological polar surface area (TPSA) is 98.5 Å². The Morgan fingerprint density at radius 3 is 2.44 bits per heavy atom. The van der Waals surface area contributed by atoms with Crippen LogP contribution in [0.5, 0.6) is 5.75 Å². The molecule has 1 amide bonds. The van der Waals surface area contributed by atoms with Crippen molar-refractivity contribution >= 4 is 39.0 Å². The summed E-state index contributed by atoms with van der Waals surface area (Å²) in [6, 6.07) is 10.6. The molecule has 0 unspecified atom stereocenters. The Balaban J connectivity index is 1.92. The summed E-state index contributed by atoms with van der Waals surface area (Å²) in [6.07, 6.45) is 0.423. The van der Waals surface area contributed by atoms with E-state index >= 15 is 0 Å². The molecule has 0 aliphatic carbocycles. The third kappa shape index (κ3) is 5.12. The van der Waals surface area contributed by atoms with Crippen molar-refractivity contribution < 1.29 is 19.2 Å². The number of non-ortho nitro benzene ring substituents is 1. The van der Waals surface area contributed by atoms with Gasteiger partial charge in [-0.05, 0) is 46.3 Å². The standard InChI is InChI=1S/C17H15BrN2O5/c1-2-16(21)11-3-6-13(7-4-11)25-10-17(22)19-15-8-5-12(20(23)24)9-14(15)18/h3-9H,2,10H2,1H3,(H,19,22). The monoisotopic (exact) mass is 406 g/mol. The molecule has 2 aromatic carbocycles. The van der Waals surface area contributed by atoms with E-state index in [2.05, 4.69) is 21.2 Å². The zero-order chi connectivity index (χ0) is 18.4. The fourth-order valence-corrected chi connectivity index (χ4v) is 2.46. The van der Waals surface area contributed by atoms with Gasteiger partial charge < -0.3 is 10.1 Å². The maximum atomic E-state index is 11.9. The lowest BCUT2D eigenvalue weighted by atomic mass is 10.1. The fourth-order valence-electron chi connectivity index (χ4n) is 2.00. The number of Topliss-reactive ketones (excluding diaryl/α,β-unsaturated/α-hetero) is 1. The number of benzene rings is 2. The van der Waals surface area contributed by atoms with Crippen LogP contribution in [-0.4, -0.2) is 23.2 Å². The molecule has 0 aromatic heterocycles. The van der Waals surface area contributed by atoms with Gasteiger partial charge in [-0.1, -0.05) is 6.92 Å². The Kier molecular flexibility index (Phi) is 6.24. The van der Waals surface area contributed by atoms with Gasteiger partial charge in [-0.3, -0.25) is 19.7 Å². The van der Waals surface area contributed by atoms with Gasteiger partial charge in [0.2, 0.25) is 0 Å². The zero-order valence-electron chi connectivity index (χ0n) is 13.3. The van der Waals surface area contributed by atoms with Crippen molar-refractivity contribution in [2.75, 3.05) is 11.9 Å². The van der Waals surface area contributed by atoms with Crippen molar-refractivity contribution in [3.05, 3.63) is 62.6 Å². The molecule has 0 fully saturated rings. The third-order valence-electron chi connectivity index (χ3n) is 3.30. The molecule has 130 valence electrons. The first-order valence-corrected chi connectivity index (χ1v) is 8.20. The number of nitro benzene ring substituents is 1. The smallest absolute Gasteiger partial charge is 0.270 e. The van der Waals surface area contributed by atoms with Crippen LogP contribution in [0.1, 0.15) is 23.7 Å². The van der Waals surface area contributed by atoms with Crippen molar-refractivity contribution in [3.63, 3.8) is 0 Å². The van der Waals surface area contributed by atoms with Crippen LogP contribution in [0, 0.1) is 10.1 Å². The van der Waals surface area contributed by atoms with Crippen LogP contribution in [0.3, 0.4) is 0 Å². The lowest BCUT2D eigenvalue weighted by molar-refractivity contribution is -0.384. The summed E-state index contributed by atoms with van der Waals surface area (Å²) in [5, 5.41) is 13.3. The quantitative estimate of drug-likeness (QED) is 0.426. The number of halogens is 1. The number of carbonyl (C=O) groups excluding carboxylic acids is 2. The number of nitrogens with zero attached hydrogens (tertiary/aromatic N) is 1. The van der Waals surface area contributed by atoms with Crippen LogP contribution in [0.4, 0.5) is 11.4 Å². The molecule has 8 heteroatoms. The number of ether oxygens (including phenoxy) is 1. The van der Waals surface area contributed by atoms with Gasteiger partial charge in [-0.15, -0.1) is 0 Å². The van der Waals surface area contributed by atoms with Crippen molar-refractivity contribution in [2.24, 2.45) is 0 Å². The highest BCUT2D eigenvalue weighted by Gasteiger charge is 2.12. The van der Waals surface area contributed by atoms with Crippen molar-refractivity contribution in [3.8, 4) is 5.75 Å². The van der Waals surface area contributed by atoms with E-state index in [0.29, 0.717) is 27.9 Å². The summed E-state index contributed by atoms with van der Waals surface area (Å²) in [5.41, 5.74) is 0.917. The number of nitrogens with one attached hydrogen (secondary N) is 1. The average Bonchev–Trinajstić information content (AvgIpc) is 2.61. The number of nitro groups is 1. The minimum atomic E-state index is -0.521. The molecule has 0 saturated carbocycles. The third-order valence-corrected chi connectivity index (χ3v) is 3.96. The Morgan fingerprint density at radius 1 is 1.20 bits per heavy atom. The molecular weight excluding hydrogens is 392 g/mol. The second-order valence-corrected chi connectivity index (χ2v) is 5.91. The van der Waals surface area contributed by atoms with Gasteiger partial charge in [-0.2, -0.15) is 0 Å². The summed E-state index contributed by atoms with van der Waals surface area (Å²) in [5.74, 6) is 0.0844. The second-order valence-electron chi connectivity index (χ2n) is 5.06. The summed E-state index contributed by atoms with van der Waals surface area (Å²) in [6.45, 7) is 1.55. The molecule has 0 radical (unpaired) electrons. The van der Waals surface area contributed by atoms with Crippen LogP contribution in [0.2, 0.25) is 0 Å². The first-order valence-electron chi connectivity index (χ1n) is 7.40. The Hall–Kier alpha value is -2.74. The normalized spacial score (nSPS) is 10.2. The average molecular weight is 407 g/mol. The number of anilines is 1. The van der Waals surface area contributed by atoms with Crippen molar-refractivity contribution in [2.45, 2.75) is 13.3 Å². The van der Waals surface area contributed by atoms with Gasteiger partial charge in [-0.25, -0.2) is 0 Å². The van der Waals surface area contributed by atoms with Crippen LogP contribution < -0.4 is 10.1 Å². The molecule has 0 atom stereocenters. The molecule has 0 aliphatic heterocycles. The Morgan fingerprint density at radius 2 is 1.88 bits per heavy atom. The highest BCUT2D eigenvalue weighted by atomic mass is 79.9. The second kappa shape index (κ2) is 8.39. The number of ketones is 1. The van der Waals surface area contributed by atoms with Gasteiger partial charge in [0.15, 0.2) is 12.4 Å². The van der Waals surface area contributed by atoms with Crippen LogP contribution in [0.25, 0.3) is 0 Å². The maximum absolute atomic E-state index is 11.9. The summed E-state index contributed by atoms with van der Waals surface area (Å²) in [7, 11) is 0. The highest BCUT2D eigenvalue weighted by Crippen LogP contribution is 2.27. The zero-order valence-corrected chi connectivity index (χ0v) is 14.9. The first-order chi connectivity index (χ1) is 11.9. The van der Waals surface area contributed by atoms with Crippen molar-refractivity contribution in [1.82, 2.24) is 0 Å². The molecule has 0 saturated heterocycles. The van der Waals surface area contributed by atoms with Gasteiger partial charge >= 0.3 is 0 Å².